The zero-order valence-electron chi connectivity index (χ0n) is 39.0. The third kappa shape index (κ3) is 5.50. The second-order valence-electron chi connectivity index (χ2n) is 19.4. The van der Waals surface area contributed by atoms with Crippen LogP contribution in [0, 0.1) is 0 Å². The Morgan fingerprint density at radius 2 is 0.726 bits per heavy atom. The summed E-state index contributed by atoms with van der Waals surface area (Å²) in [6.45, 7) is -0.104. The Morgan fingerprint density at radius 3 is 1.21 bits per heavy atom. The molecule has 0 saturated carbocycles. The summed E-state index contributed by atoms with van der Waals surface area (Å²) >= 11 is 3.76. The Bertz CT molecular complexity index is 4540. The fourth-order valence-electron chi connectivity index (χ4n) is 12.7. The number of nitrogens with zero attached hydrogens (tertiary/aromatic N) is 2. The molecule has 15 aromatic rings. The molecule has 0 unspecified atom stereocenters. The Hall–Kier alpha value is -8.88. The molecule has 0 aliphatic carbocycles. The van der Waals surface area contributed by atoms with Crippen LogP contribution >= 0.6 is 22.7 Å². The van der Waals surface area contributed by atoms with Crippen LogP contribution in [-0.2, 0) is 0 Å². The van der Waals surface area contributed by atoms with Crippen molar-refractivity contribution >= 4 is 164 Å². The first kappa shape index (κ1) is 39.8. The highest BCUT2D eigenvalue weighted by Gasteiger charge is 2.45. The molecule has 338 valence electrons. The van der Waals surface area contributed by atoms with Crippen molar-refractivity contribution in [2.75, 3.05) is 9.80 Å². The monoisotopic (exact) mass is 964 g/mol. The van der Waals surface area contributed by atoms with E-state index in [1.54, 1.807) is 0 Å². The van der Waals surface area contributed by atoms with Gasteiger partial charge in [0.25, 0.3) is 6.71 Å². The standard InChI is InChI=1S/C66H37BN2O2S2/c1-3-16-38(17-4-1)62-48(30-32-56-64(62)42-22-7-11-26-54(42)70-56)68-50-24-15-25-51-66(50)67(46-34-44-40-20-9-13-28-58(40)72-60(44)36-52(46)68)47-35-45-41-21-10-14-29-59(41)73-61(45)37-53(47)69(51)49-31-33-57-65(43-23-8-12-27-55(43)71-57)63(49)39-18-5-2-6-19-39/h1-37H. The van der Waals surface area contributed by atoms with Crippen LogP contribution in [0.15, 0.2) is 233 Å². The van der Waals surface area contributed by atoms with Gasteiger partial charge in [-0.2, -0.15) is 0 Å². The van der Waals surface area contributed by atoms with E-state index in [0.717, 1.165) is 88.9 Å². The van der Waals surface area contributed by atoms with Gasteiger partial charge in [-0.25, -0.2) is 0 Å². The maximum absolute atomic E-state index is 6.68. The van der Waals surface area contributed by atoms with E-state index in [1.165, 1.54) is 68.1 Å². The van der Waals surface area contributed by atoms with E-state index in [2.05, 4.69) is 234 Å². The molecule has 0 saturated heterocycles. The van der Waals surface area contributed by atoms with Gasteiger partial charge in [-0.1, -0.05) is 152 Å². The summed E-state index contributed by atoms with van der Waals surface area (Å²) in [6, 6.07) is 82.7. The molecule has 0 spiro atoms. The lowest BCUT2D eigenvalue weighted by Crippen LogP contribution is -2.61. The zero-order valence-corrected chi connectivity index (χ0v) is 40.6. The molecular weight excluding hydrogens is 928 g/mol. The van der Waals surface area contributed by atoms with Crippen molar-refractivity contribution in [1.29, 1.82) is 0 Å². The summed E-state index contributed by atoms with van der Waals surface area (Å²) in [4.78, 5) is 5.18. The van der Waals surface area contributed by atoms with Crippen molar-refractivity contribution in [2.24, 2.45) is 0 Å². The highest BCUT2D eigenvalue weighted by molar-refractivity contribution is 7.26. The third-order valence-electron chi connectivity index (χ3n) is 15.6. The van der Waals surface area contributed by atoms with Gasteiger partial charge in [0.05, 0.1) is 11.4 Å². The van der Waals surface area contributed by atoms with E-state index < -0.39 is 0 Å². The van der Waals surface area contributed by atoms with Crippen LogP contribution in [0.1, 0.15) is 0 Å². The quantitative estimate of drug-likeness (QED) is 0.165. The number of hydrogen-bond acceptors (Lipinski definition) is 6. The van der Waals surface area contributed by atoms with Crippen LogP contribution in [0.5, 0.6) is 0 Å². The summed E-state index contributed by atoms with van der Waals surface area (Å²) in [6.07, 6.45) is 0. The van der Waals surface area contributed by atoms with E-state index in [1.807, 2.05) is 22.7 Å². The number of thiophene rings is 2. The smallest absolute Gasteiger partial charge is 0.252 e. The number of rotatable bonds is 4. The van der Waals surface area contributed by atoms with Crippen molar-refractivity contribution in [3.05, 3.63) is 224 Å². The normalized spacial score (nSPS) is 13.1. The maximum atomic E-state index is 6.68. The molecular formula is C66H37BN2O2S2. The highest BCUT2D eigenvalue weighted by Crippen LogP contribution is 2.53. The van der Waals surface area contributed by atoms with Gasteiger partial charge >= 0.3 is 0 Å². The molecule has 2 aliphatic rings. The van der Waals surface area contributed by atoms with Crippen LogP contribution in [0.25, 0.3) is 106 Å². The molecule has 6 heterocycles. The molecule has 0 amide bonds. The summed E-state index contributed by atoms with van der Waals surface area (Å²) in [5.41, 5.74) is 18.8. The maximum Gasteiger partial charge on any atom is 0.252 e. The van der Waals surface area contributed by atoms with Crippen LogP contribution < -0.4 is 26.2 Å². The van der Waals surface area contributed by atoms with Gasteiger partial charge in [0.15, 0.2) is 0 Å². The van der Waals surface area contributed by atoms with Crippen LogP contribution in [0.3, 0.4) is 0 Å². The van der Waals surface area contributed by atoms with Gasteiger partial charge in [-0.15, -0.1) is 22.7 Å². The van der Waals surface area contributed by atoms with Crippen LogP contribution in [-0.4, -0.2) is 6.71 Å². The molecule has 4 nitrogen and oxygen atoms in total. The number of hydrogen-bond donors (Lipinski definition) is 0. The predicted molar refractivity (Wildman–Crippen MR) is 312 cm³/mol. The number of fused-ring (bicyclic) bond motifs is 16. The minimum Gasteiger partial charge on any atom is -0.456 e. The molecule has 0 radical (unpaired) electrons. The van der Waals surface area contributed by atoms with Crippen molar-refractivity contribution < 1.29 is 8.83 Å². The van der Waals surface area contributed by atoms with Gasteiger partial charge < -0.3 is 18.6 Å². The molecule has 2 aliphatic heterocycles. The van der Waals surface area contributed by atoms with Gasteiger partial charge in [0, 0.05) is 85.0 Å². The van der Waals surface area contributed by atoms with Crippen LogP contribution in [0.2, 0.25) is 0 Å². The fourth-order valence-corrected chi connectivity index (χ4v) is 14.9. The van der Waals surface area contributed by atoms with E-state index in [-0.39, 0.29) is 6.71 Å². The Balaban J connectivity index is 1.04. The first-order valence-electron chi connectivity index (χ1n) is 24.8. The summed E-state index contributed by atoms with van der Waals surface area (Å²) in [5, 5.41) is 9.58. The minimum atomic E-state index is -0.104. The Kier molecular flexibility index (Phi) is 8.09. The van der Waals surface area contributed by atoms with Crippen molar-refractivity contribution in [2.45, 2.75) is 0 Å². The molecule has 11 aromatic carbocycles. The minimum absolute atomic E-state index is 0.104. The SMILES string of the molecule is c1ccc(-c2c(N3c4cc5sc6ccccc6c5cc4B4c5cc6c(cc5N(c5ccc7oc8ccccc8c7c5-c5ccccc5)c5cccc3c54)sc3ccccc36)ccc3oc4ccccc4c23)cc1. The number of para-hydroxylation sites is 2. The lowest BCUT2D eigenvalue weighted by Gasteiger charge is -2.45. The number of benzene rings is 11. The molecule has 0 atom stereocenters. The van der Waals surface area contributed by atoms with Crippen molar-refractivity contribution in [3.63, 3.8) is 0 Å². The molecule has 73 heavy (non-hydrogen) atoms. The predicted octanol–water partition coefficient (Wildman–Crippen LogP) is 17.6. The average molecular weight is 965 g/mol. The van der Waals surface area contributed by atoms with Crippen molar-refractivity contribution in [1.82, 2.24) is 0 Å². The number of anilines is 6. The molecule has 0 fully saturated rings. The third-order valence-corrected chi connectivity index (χ3v) is 17.9. The molecule has 0 bridgehead atoms. The van der Waals surface area contributed by atoms with E-state index >= 15 is 0 Å². The van der Waals surface area contributed by atoms with Crippen molar-refractivity contribution in [3.8, 4) is 22.3 Å². The number of furan rings is 2. The van der Waals surface area contributed by atoms with Gasteiger partial charge in [0.1, 0.15) is 22.3 Å². The Morgan fingerprint density at radius 1 is 0.301 bits per heavy atom. The van der Waals surface area contributed by atoms with E-state index in [4.69, 9.17) is 8.83 Å². The first-order chi connectivity index (χ1) is 36.2. The molecule has 0 N–H and O–H groups in total. The lowest BCUT2D eigenvalue weighted by atomic mass is 9.33. The second-order valence-corrected chi connectivity index (χ2v) is 21.6. The fraction of sp³-hybridized carbons (Fsp3) is 0. The zero-order chi connectivity index (χ0) is 47.5. The first-order valence-corrected chi connectivity index (χ1v) is 26.5. The summed E-state index contributed by atoms with van der Waals surface area (Å²) in [7, 11) is 0. The molecule has 4 aromatic heterocycles. The second kappa shape index (κ2) is 14.8. The largest absolute Gasteiger partial charge is 0.456 e. The summed E-state index contributed by atoms with van der Waals surface area (Å²) in [5.74, 6) is 0. The van der Waals surface area contributed by atoms with Gasteiger partial charge in [-0.3, -0.25) is 0 Å². The summed E-state index contributed by atoms with van der Waals surface area (Å²) < 4.78 is 18.5. The van der Waals surface area contributed by atoms with Gasteiger partial charge in [-0.05, 0) is 111 Å². The molecule has 17 rings (SSSR count). The van der Waals surface area contributed by atoms with E-state index in [9.17, 15) is 0 Å². The average Bonchev–Trinajstić information content (AvgIpc) is 4.22. The van der Waals surface area contributed by atoms with Crippen LogP contribution in [0.4, 0.5) is 34.1 Å². The van der Waals surface area contributed by atoms with E-state index in [0.29, 0.717) is 0 Å². The topological polar surface area (TPSA) is 32.8 Å². The lowest BCUT2D eigenvalue weighted by molar-refractivity contribution is 0.668. The molecule has 7 heteroatoms. The van der Waals surface area contributed by atoms with Gasteiger partial charge in [0.2, 0.25) is 0 Å². The highest BCUT2D eigenvalue weighted by atomic mass is 32.1. The Labute approximate surface area is 426 Å².